The van der Waals surface area contributed by atoms with E-state index in [9.17, 15) is 4.79 Å². The second kappa shape index (κ2) is 4.57. The molecule has 0 amide bonds. The number of halogens is 1. The molecule has 0 saturated heterocycles. The fourth-order valence-electron chi connectivity index (χ4n) is 1.92. The summed E-state index contributed by atoms with van der Waals surface area (Å²) in [6, 6.07) is 3.39. The average molecular weight is 308 g/mol. The van der Waals surface area contributed by atoms with Crippen molar-refractivity contribution in [1.29, 1.82) is 0 Å². The molecule has 0 aliphatic heterocycles. The molecule has 3 aromatic rings. The summed E-state index contributed by atoms with van der Waals surface area (Å²) in [6.45, 7) is 4.05. The third-order valence-electron chi connectivity index (χ3n) is 3.09. The van der Waals surface area contributed by atoms with Crippen LogP contribution in [0.4, 0.5) is 0 Å². The first-order chi connectivity index (χ1) is 9.47. The molecule has 0 radical (unpaired) electrons. The van der Waals surface area contributed by atoms with Crippen molar-refractivity contribution in [2.45, 2.75) is 13.8 Å². The minimum Gasteiger partial charge on any atom is -0.478 e. The largest absolute Gasteiger partial charge is 0.478 e. The smallest absolute Gasteiger partial charge is 0.337 e. The number of rotatable bonds is 2. The first-order valence-electron chi connectivity index (χ1n) is 5.82. The molecule has 0 aliphatic carbocycles. The molecule has 7 heteroatoms. The maximum Gasteiger partial charge on any atom is 0.337 e. The van der Waals surface area contributed by atoms with E-state index in [-0.39, 0.29) is 10.6 Å². The van der Waals surface area contributed by atoms with Gasteiger partial charge in [-0.25, -0.2) is 4.79 Å². The summed E-state index contributed by atoms with van der Waals surface area (Å²) in [5.74, 6) is -0.432. The zero-order valence-electron chi connectivity index (χ0n) is 10.7. The van der Waals surface area contributed by atoms with E-state index < -0.39 is 5.97 Å². The first-order valence-corrected chi connectivity index (χ1v) is 7.02. The normalized spacial score (nSPS) is 11.2. The second-order valence-corrected chi connectivity index (χ2v) is 6.11. The summed E-state index contributed by atoms with van der Waals surface area (Å²) in [5.41, 5.74) is 1.73. The van der Waals surface area contributed by atoms with Crippen LogP contribution >= 0.6 is 22.9 Å². The summed E-state index contributed by atoms with van der Waals surface area (Å²) in [6.07, 6.45) is 1.49. The second-order valence-electron chi connectivity index (χ2n) is 4.45. The Balaban J connectivity index is 2.29. The van der Waals surface area contributed by atoms with Crippen LogP contribution < -0.4 is 0 Å². The van der Waals surface area contributed by atoms with E-state index in [1.807, 2.05) is 19.9 Å². The summed E-state index contributed by atoms with van der Waals surface area (Å²) in [5, 5.41) is 17.5. The van der Waals surface area contributed by atoms with Crippen LogP contribution in [-0.2, 0) is 0 Å². The van der Waals surface area contributed by atoms with Gasteiger partial charge in [-0.3, -0.25) is 4.40 Å². The van der Waals surface area contributed by atoms with Crippen molar-refractivity contribution < 1.29 is 9.90 Å². The molecule has 102 valence electrons. The Hall–Kier alpha value is -1.92. The van der Waals surface area contributed by atoms with E-state index in [4.69, 9.17) is 16.7 Å². The minimum absolute atomic E-state index is 0.105. The Bertz CT molecular complexity index is 818. The van der Waals surface area contributed by atoms with Gasteiger partial charge in [0, 0.05) is 11.1 Å². The average Bonchev–Trinajstić information content (AvgIpc) is 2.94. The van der Waals surface area contributed by atoms with Crippen LogP contribution in [0, 0.1) is 13.8 Å². The summed E-state index contributed by atoms with van der Waals surface area (Å²) >= 11 is 7.65. The summed E-state index contributed by atoms with van der Waals surface area (Å²) < 4.78 is 1.62. The molecule has 0 saturated carbocycles. The van der Waals surface area contributed by atoms with Gasteiger partial charge in [-0.2, -0.15) is 0 Å². The van der Waals surface area contributed by atoms with Gasteiger partial charge >= 0.3 is 5.97 Å². The Morgan fingerprint density at radius 1 is 1.35 bits per heavy atom. The third-order valence-corrected chi connectivity index (χ3v) is 4.52. The predicted molar refractivity (Wildman–Crippen MR) is 77.7 cm³/mol. The van der Waals surface area contributed by atoms with Gasteiger partial charge in [-0.05, 0) is 31.5 Å². The van der Waals surface area contributed by atoms with Crippen LogP contribution in [0.2, 0.25) is 5.02 Å². The van der Waals surface area contributed by atoms with Crippen molar-refractivity contribution in [2.75, 3.05) is 0 Å². The lowest BCUT2D eigenvalue weighted by Crippen LogP contribution is -2.00. The molecule has 0 atom stereocenters. The Morgan fingerprint density at radius 2 is 2.10 bits per heavy atom. The van der Waals surface area contributed by atoms with Crippen molar-refractivity contribution in [3.8, 4) is 10.7 Å². The maximum atomic E-state index is 11.1. The van der Waals surface area contributed by atoms with Crippen LogP contribution in [0.5, 0.6) is 0 Å². The number of carboxylic acids is 1. The number of pyridine rings is 1. The lowest BCUT2D eigenvalue weighted by Gasteiger charge is -2.01. The number of aryl methyl sites for hydroxylation is 2. The van der Waals surface area contributed by atoms with Gasteiger partial charge in [0.05, 0.1) is 15.5 Å². The molecule has 0 spiro atoms. The molecule has 1 N–H and O–H groups in total. The number of carboxylic acid groups (broad SMARTS) is 1. The minimum atomic E-state index is -1.04. The summed E-state index contributed by atoms with van der Waals surface area (Å²) in [7, 11) is 0. The standard InChI is InChI=1S/C13H10ClN3O2S/c1-6-3-10(20-7(6)2)12-16-15-11-9(14)4-8(13(18)19)5-17(11)12/h3-5H,1-2H3,(H,18,19). The summed E-state index contributed by atoms with van der Waals surface area (Å²) in [4.78, 5) is 13.2. The lowest BCUT2D eigenvalue weighted by atomic mass is 10.2. The van der Waals surface area contributed by atoms with Crippen molar-refractivity contribution in [1.82, 2.24) is 14.6 Å². The Labute approximate surface area is 123 Å². The molecule has 0 aliphatic rings. The van der Waals surface area contributed by atoms with Gasteiger partial charge in [0.2, 0.25) is 0 Å². The predicted octanol–water partition coefficient (Wildman–Crippen LogP) is 3.43. The first kappa shape index (κ1) is 13.1. The number of carbonyl (C=O) groups is 1. The molecule has 3 aromatic heterocycles. The third kappa shape index (κ3) is 1.97. The fraction of sp³-hybridized carbons (Fsp3) is 0.154. The van der Waals surface area contributed by atoms with E-state index >= 15 is 0 Å². The number of hydrogen-bond acceptors (Lipinski definition) is 4. The van der Waals surface area contributed by atoms with Crippen molar-refractivity contribution in [3.63, 3.8) is 0 Å². The molecule has 20 heavy (non-hydrogen) atoms. The lowest BCUT2D eigenvalue weighted by molar-refractivity contribution is 0.0696. The molecule has 5 nitrogen and oxygen atoms in total. The SMILES string of the molecule is Cc1cc(-c2nnc3c(Cl)cc(C(=O)O)cn23)sc1C. The highest BCUT2D eigenvalue weighted by atomic mass is 35.5. The van der Waals surface area contributed by atoms with Crippen LogP contribution in [-0.4, -0.2) is 25.7 Å². The quantitative estimate of drug-likeness (QED) is 0.787. The Morgan fingerprint density at radius 3 is 2.70 bits per heavy atom. The van der Waals surface area contributed by atoms with E-state index in [1.54, 1.807) is 15.7 Å². The zero-order valence-corrected chi connectivity index (χ0v) is 12.3. The molecule has 0 unspecified atom stereocenters. The van der Waals surface area contributed by atoms with Crippen LogP contribution in [0.1, 0.15) is 20.8 Å². The number of aromatic nitrogens is 3. The van der Waals surface area contributed by atoms with Gasteiger partial charge in [-0.1, -0.05) is 11.6 Å². The molecular formula is C13H10ClN3O2S. The van der Waals surface area contributed by atoms with E-state index in [2.05, 4.69) is 10.2 Å². The topological polar surface area (TPSA) is 67.5 Å². The van der Waals surface area contributed by atoms with Crippen molar-refractivity contribution in [2.24, 2.45) is 0 Å². The number of aromatic carboxylic acids is 1. The molecular weight excluding hydrogens is 298 g/mol. The van der Waals surface area contributed by atoms with Gasteiger partial charge in [-0.15, -0.1) is 21.5 Å². The van der Waals surface area contributed by atoms with Gasteiger partial charge in [0.25, 0.3) is 0 Å². The monoisotopic (exact) mass is 307 g/mol. The molecule has 0 aromatic carbocycles. The van der Waals surface area contributed by atoms with Crippen LogP contribution in [0.3, 0.4) is 0 Å². The van der Waals surface area contributed by atoms with E-state index in [1.165, 1.54) is 22.7 Å². The van der Waals surface area contributed by atoms with Crippen molar-refractivity contribution in [3.05, 3.63) is 39.4 Å². The van der Waals surface area contributed by atoms with Gasteiger partial charge in [0.15, 0.2) is 11.5 Å². The van der Waals surface area contributed by atoms with Crippen LogP contribution in [0.15, 0.2) is 18.3 Å². The number of fused-ring (bicyclic) bond motifs is 1. The fourth-order valence-corrected chi connectivity index (χ4v) is 3.18. The maximum absolute atomic E-state index is 11.1. The Kier molecular flexibility index (Phi) is 2.99. The van der Waals surface area contributed by atoms with Crippen molar-refractivity contribution >= 4 is 34.6 Å². The molecule has 0 bridgehead atoms. The highest BCUT2D eigenvalue weighted by molar-refractivity contribution is 7.15. The van der Waals surface area contributed by atoms with Gasteiger partial charge < -0.3 is 5.11 Å². The highest BCUT2D eigenvalue weighted by Gasteiger charge is 2.16. The highest BCUT2D eigenvalue weighted by Crippen LogP contribution is 2.31. The molecule has 3 heterocycles. The number of thiophene rings is 1. The van der Waals surface area contributed by atoms with Crippen LogP contribution in [0.25, 0.3) is 16.3 Å². The van der Waals surface area contributed by atoms with Gasteiger partial charge in [0.1, 0.15) is 0 Å². The molecule has 3 rings (SSSR count). The van der Waals surface area contributed by atoms with E-state index in [0.29, 0.717) is 11.5 Å². The van der Waals surface area contributed by atoms with E-state index in [0.717, 1.165) is 4.88 Å². The molecule has 0 fully saturated rings. The number of nitrogens with zero attached hydrogens (tertiary/aromatic N) is 3. The zero-order chi connectivity index (χ0) is 14.4. The number of hydrogen-bond donors (Lipinski definition) is 1.